The van der Waals surface area contributed by atoms with Crippen LogP contribution in [0.1, 0.15) is 74.0 Å². The van der Waals surface area contributed by atoms with E-state index in [1.54, 1.807) is 12.4 Å². The molecule has 1 aromatic heterocycles. The molecule has 1 amide bonds. The minimum Gasteiger partial charge on any atom is -0.371 e. The van der Waals surface area contributed by atoms with Crippen molar-refractivity contribution in [3.05, 3.63) is 23.8 Å². The number of rotatable bonds is 6. The van der Waals surface area contributed by atoms with E-state index in [4.69, 9.17) is 4.74 Å². The summed E-state index contributed by atoms with van der Waals surface area (Å²) < 4.78 is 6.26. The number of hydrogen-bond acceptors (Lipinski definition) is 4. The van der Waals surface area contributed by atoms with Crippen molar-refractivity contribution in [2.45, 2.75) is 70.0 Å². The summed E-state index contributed by atoms with van der Waals surface area (Å²) in [6.07, 6.45) is 12.0. The standard InChI is InChI=1S/C19H27N3O2/c1-2-3-4-16-11-22(12-17(24-16)13-5-6-13)19(23)15-9-20-18(21-10-15)14-7-8-14/h9-10,13-14,16-17H,2-8,11-12H2,1H3/t16-,17-/m1/s1. The lowest BCUT2D eigenvalue weighted by Crippen LogP contribution is -2.50. The van der Waals surface area contributed by atoms with Gasteiger partial charge in [0.1, 0.15) is 5.82 Å². The monoisotopic (exact) mass is 329 g/mol. The SMILES string of the molecule is CCCC[C@@H]1CN(C(=O)c2cnc(C3CC3)nc2)C[C@H](C2CC2)O1. The summed E-state index contributed by atoms with van der Waals surface area (Å²) in [4.78, 5) is 23.7. The molecule has 5 nitrogen and oxygen atoms in total. The van der Waals surface area contributed by atoms with Crippen LogP contribution in [0.5, 0.6) is 0 Å². The summed E-state index contributed by atoms with van der Waals surface area (Å²) in [5.74, 6) is 2.13. The lowest BCUT2D eigenvalue weighted by atomic mass is 10.1. The molecule has 2 atom stereocenters. The van der Waals surface area contributed by atoms with Gasteiger partial charge in [-0.1, -0.05) is 19.8 Å². The molecule has 0 bridgehead atoms. The maximum absolute atomic E-state index is 12.9. The maximum atomic E-state index is 12.9. The van der Waals surface area contributed by atoms with Crippen LogP contribution >= 0.6 is 0 Å². The first-order valence-corrected chi connectivity index (χ1v) is 9.51. The number of unbranched alkanes of at least 4 members (excludes halogenated alkanes) is 1. The molecule has 2 heterocycles. The van der Waals surface area contributed by atoms with Crippen molar-refractivity contribution in [1.29, 1.82) is 0 Å². The Kier molecular flexibility index (Phi) is 4.53. The van der Waals surface area contributed by atoms with E-state index in [0.29, 0.717) is 23.9 Å². The summed E-state index contributed by atoms with van der Waals surface area (Å²) in [7, 11) is 0. The molecule has 24 heavy (non-hydrogen) atoms. The number of nitrogens with zero attached hydrogens (tertiary/aromatic N) is 3. The number of hydrogen-bond donors (Lipinski definition) is 0. The van der Waals surface area contributed by atoms with Crippen LogP contribution in [-0.4, -0.2) is 46.1 Å². The zero-order valence-electron chi connectivity index (χ0n) is 14.5. The fraction of sp³-hybridized carbons (Fsp3) is 0.737. The van der Waals surface area contributed by atoms with Crippen molar-refractivity contribution in [2.24, 2.45) is 5.92 Å². The molecule has 0 spiro atoms. The van der Waals surface area contributed by atoms with Gasteiger partial charge in [0, 0.05) is 31.4 Å². The molecule has 2 aliphatic carbocycles. The highest BCUT2D eigenvalue weighted by Gasteiger charge is 2.39. The normalized spacial score (nSPS) is 27.3. The van der Waals surface area contributed by atoms with Crippen molar-refractivity contribution < 1.29 is 9.53 Å². The Morgan fingerprint density at radius 1 is 1.21 bits per heavy atom. The first-order chi connectivity index (χ1) is 11.7. The van der Waals surface area contributed by atoms with Crippen LogP contribution < -0.4 is 0 Å². The highest BCUT2D eigenvalue weighted by molar-refractivity contribution is 5.93. The molecule has 3 aliphatic rings. The number of aromatic nitrogens is 2. The predicted molar refractivity (Wildman–Crippen MR) is 90.8 cm³/mol. The van der Waals surface area contributed by atoms with E-state index in [0.717, 1.165) is 25.2 Å². The molecule has 3 fully saturated rings. The third-order valence-corrected chi connectivity index (χ3v) is 5.37. The van der Waals surface area contributed by atoms with E-state index in [2.05, 4.69) is 16.9 Å². The van der Waals surface area contributed by atoms with E-state index in [-0.39, 0.29) is 18.1 Å². The second kappa shape index (κ2) is 6.79. The topological polar surface area (TPSA) is 55.3 Å². The molecule has 4 rings (SSSR count). The molecule has 0 unspecified atom stereocenters. The molecular weight excluding hydrogens is 302 g/mol. The third-order valence-electron chi connectivity index (χ3n) is 5.37. The van der Waals surface area contributed by atoms with E-state index in [1.807, 2.05) is 4.90 Å². The summed E-state index contributed by atoms with van der Waals surface area (Å²) in [6, 6.07) is 0. The van der Waals surface area contributed by atoms with Gasteiger partial charge in [-0.3, -0.25) is 4.79 Å². The zero-order chi connectivity index (χ0) is 16.5. The van der Waals surface area contributed by atoms with Crippen LogP contribution in [0.4, 0.5) is 0 Å². The number of carbonyl (C=O) groups excluding carboxylic acids is 1. The number of amides is 1. The van der Waals surface area contributed by atoms with Gasteiger partial charge in [0.05, 0.1) is 17.8 Å². The van der Waals surface area contributed by atoms with Crippen LogP contribution in [0.2, 0.25) is 0 Å². The first kappa shape index (κ1) is 16.0. The van der Waals surface area contributed by atoms with E-state index in [9.17, 15) is 4.79 Å². The van der Waals surface area contributed by atoms with Crippen molar-refractivity contribution in [1.82, 2.24) is 14.9 Å². The lowest BCUT2D eigenvalue weighted by molar-refractivity contribution is -0.0874. The van der Waals surface area contributed by atoms with Gasteiger partial charge in [0.15, 0.2) is 0 Å². The van der Waals surface area contributed by atoms with Gasteiger partial charge in [-0.2, -0.15) is 0 Å². The van der Waals surface area contributed by atoms with Gasteiger partial charge in [-0.05, 0) is 38.0 Å². The van der Waals surface area contributed by atoms with E-state index < -0.39 is 0 Å². The molecule has 2 saturated carbocycles. The second-order valence-corrected chi connectivity index (χ2v) is 7.59. The van der Waals surface area contributed by atoms with Gasteiger partial charge in [-0.15, -0.1) is 0 Å². The van der Waals surface area contributed by atoms with Crippen molar-refractivity contribution >= 4 is 5.91 Å². The molecule has 0 aromatic carbocycles. The van der Waals surface area contributed by atoms with E-state index >= 15 is 0 Å². The zero-order valence-corrected chi connectivity index (χ0v) is 14.5. The lowest BCUT2D eigenvalue weighted by Gasteiger charge is -2.38. The third kappa shape index (κ3) is 3.61. The van der Waals surface area contributed by atoms with Gasteiger partial charge >= 0.3 is 0 Å². The Labute approximate surface area is 143 Å². The molecule has 0 radical (unpaired) electrons. The average Bonchev–Trinajstić information content (AvgIpc) is 3.51. The van der Waals surface area contributed by atoms with Crippen LogP contribution in [0.25, 0.3) is 0 Å². The van der Waals surface area contributed by atoms with Gasteiger partial charge in [0.2, 0.25) is 0 Å². The predicted octanol–water partition coefficient (Wildman–Crippen LogP) is 3.16. The molecule has 1 aliphatic heterocycles. The molecule has 1 saturated heterocycles. The quantitative estimate of drug-likeness (QED) is 0.804. The van der Waals surface area contributed by atoms with Gasteiger partial charge in [-0.25, -0.2) is 9.97 Å². The Balaban J connectivity index is 1.44. The Morgan fingerprint density at radius 2 is 1.96 bits per heavy atom. The maximum Gasteiger partial charge on any atom is 0.257 e. The van der Waals surface area contributed by atoms with Crippen LogP contribution in [-0.2, 0) is 4.74 Å². The number of ether oxygens (including phenoxy) is 1. The second-order valence-electron chi connectivity index (χ2n) is 7.59. The molecule has 130 valence electrons. The summed E-state index contributed by atoms with van der Waals surface area (Å²) in [5.41, 5.74) is 0.616. The van der Waals surface area contributed by atoms with Gasteiger partial charge < -0.3 is 9.64 Å². The van der Waals surface area contributed by atoms with Crippen molar-refractivity contribution in [3.8, 4) is 0 Å². The first-order valence-electron chi connectivity index (χ1n) is 9.51. The fourth-order valence-corrected chi connectivity index (χ4v) is 3.54. The Morgan fingerprint density at radius 3 is 2.58 bits per heavy atom. The van der Waals surface area contributed by atoms with Crippen LogP contribution in [0, 0.1) is 5.92 Å². The minimum atomic E-state index is 0.0628. The Hall–Kier alpha value is -1.49. The minimum absolute atomic E-state index is 0.0628. The Bertz CT molecular complexity index is 581. The number of morpholine rings is 1. The molecule has 5 heteroatoms. The summed E-state index contributed by atoms with van der Waals surface area (Å²) in [5, 5.41) is 0. The van der Waals surface area contributed by atoms with Gasteiger partial charge in [0.25, 0.3) is 5.91 Å². The highest BCUT2D eigenvalue weighted by Crippen LogP contribution is 2.38. The molecular formula is C19H27N3O2. The van der Waals surface area contributed by atoms with E-state index in [1.165, 1.54) is 32.1 Å². The average molecular weight is 329 g/mol. The number of carbonyl (C=O) groups is 1. The molecule has 0 N–H and O–H groups in total. The highest BCUT2D eigenvalue weighted by atomic mass is 16.5. The van der Waals surface area contributed by atoms with Crippen molar-refractivity contribution in [2.75, 3.05) is 13.1 Å². The van der Waals surface area contributed by atoms with Crippen LogP contribution in [0.15, 0.2) is 12.4 Å². The van der Waals surface area contributed by atoms with Crippen molar-refractivity contribution in [3.63, 3.8) is 0 Å². The van der Waals surface area contributed by atoms with Crippen LogP contribution in [0.3, 0.4) is 0 Å². The summed E-state index contributed by atoms with van der Waals surface area (Å²) in [6.45, 7) is 3.62. The molecule has 1 aromatic rings. The smallest absolute Gasteiger partial charge is 0.257 e. The summed E-state index contributed by atoms with van der Waals surface area (Å²) >= 11 is 0. The largest absolute Gasteiger partial charge is 0.371 e. The fourth-order valence-electron chi connectivity index (χ4n) is 3.54.